The Kier molecular flexibility index (Phi) is 4.54. The summed E-state index contributed by atoms with van der Waals surface area (Å²) in [6.45, 7) is 6.97. The lowest BCUT2D eigenvalue weighted by Gasteiger charge is -2.32. The number of hydrogen-bond acceptors (Lipinski definition) is 3. The normalized spacial score (nSPS) is 15.8. The first kappa shape index (κ1) is 15.8. The van der Waals surface area contributed by atoms with Gasteiger partial charge in [-0.2, -0.15) is 0 Å². The van der Waals surface area contributed by atoms with Crippen LogP contribution in [0.3, 0.4) is 0 Å². The van der Waals surface area contributed by atoms with Crippen LogP contribution in [0.15, 0.2) is 39.9 Å². The highest BCUT2D eigenvalue weighted by molar-refractivity contribution is 6.30. The highest BCUT2D eigenvalue weighted by atomic mass is 35.5. The first-order chi connectivity index (χ1) is 11.1. The Bertz CT molecular complexity index is 758. The molecule has 0 spiro atoms. The van der Waals surface area contributed by atoms with Crippen LogP contribution in [0.1, 0.15) is 6.92 Å². The minimum atomic E-state index is -0.430. The van der Waals surface area contributed by atoms with Crippen molar-refractivity contribution in [1.29, 1.82) is 0 Å². The topological polar surface area (TPSA) is 62.5 Å². The zero-order valence-electron chi connectivity index (χ0n) is 13.0. The van der Waals surface area contributed by atoms with E-state index in [1.54, 1.807) is 24.3 Å². The van der Waals surface area contributed by atoms with E-state index in [4.69, 9.17) is 11.6 Å². The van der Waals surface area contributed by atoms with E-state index in [0.29, 0.717) is 16.5 Å². The third-order valence-electron chi connectivity index (χ3n) is 4.31. The molecule has 23 heavy (non-hydrogen) atoms. The molecule has 122 valence electrons. The quantitative estimate of drug-likeness (QED) is 0.823. The number of piperazine rings is 1. The smallest absolute Gasteiger partial charge is 0.334 e. The first-order valence-electron chi connectivity index (χ1n) is 7.79. The molecule has 0 amide bonds. The molecule has 0 unspecified atom stereocenters. The second kappa shape index (κ2) is 6.60. The van der Waals surface area contributed by atoms with E-state index >= 15 is 0 Å². The van der Waals surface area contributed by atoms with Gasteiger partial charge < -0.3 is 9.80 Å². The molecule has 3 rings (SSSR count). The maximum absolute atomic E-state index is 12.4. The van der Waals surface area contributed by atoms with Crippen molar-refractivity contribution in [2.75, 3.05) is 37.6 Å². The van der Waals surface area contributed by atoms with Crippen molar-refractivity contribution in [3.63, 3.8) is 0 Å². The Hall–Kier alpha value is -2.05. The molecule has 2 aromatic rings. The van der Waals surface area contributed by atoms with E-state index in [9.17, 15) is 9.59 Å². The Balaban J connectivity index is 1.91. The van der Waals surface area contributed by atoms with E-state index in [1.165, 1.54) is 11.0 Å². The lowest BCUT2D eigenvalue weighted by Crippen LogP contribution is -3.14. The zero-order chi connectivity index (χ0) is 16.4. The number of quaternary nitrogens is 1. The molecule has 2 N–H and O–H groups in total. The van der Waals surface area contributed by atoms with Crippen LogP contribution < -0.4 is 21.0 Å². The molecule has 1 aromatic carbocycles. The van der Waals surface area contributed by atoms with Crippen LogP contribution in [-0.2, 0) is 0 Å². The average Bonchev–Trinajstić information content (AvgIpc) is 2.56. The predicted molar refractivity (Wildman–Crippen MR) is 91.1 cm³/mol. The summed E-state index contributed by atoms with van der Waals surface area (Å²) in [7, 11) is 0. The van der Waals surface area contributed by atoms with Crippen molar-refractivity contribution in [3.05, 3.63) is 56.2 Å². The van der Waals surface area contributed by atoms with Crippen molar-refractivity contribution >= 4 is 17.4 Å². The van der Waals surface area contributed by atoms with E-state index in [2.05, 4.69) is 16.8 Å². The molecule has 1 aromatic heterocycles. The molecule has 0 aliphatic carbocycles. The van der Waals surface area contributed by atoms with Crippen LogP contribution in [-0.4, -0.2) is 42.3 Å². The number of nitrogens with zero attached hydrogens (tertiary/aromatic N) is 2. The van der Waals surface area contributed by atoms with Crippen LogP contribution in [0.5, 0.6) is 0 Å². The number of aromatic nitrogens is 2. The largest absolute Gasteiger partial charge is 0.347 e. The Morgan fingerprint density at radius 3 is 2.39 bits per heavy atom. The highest BCUT2D eigenvalue weighted by Crippen LogP contribution is 2.11. The fourth-order valence-electron chi connectivity index (χ4n) is 2.91. The van der Waals surface area contributed by atoms with Gasteiger partial charge in [-0.25, -0.2) is 9.36 Å². The van der Waals surface area contributed by atoms with E-state index in [0.717, 1.165) is 37.3 Å². The monoisotopic (exact) mass is 335 g/mol. The number of aromatic amines is 1. The number of halogens is 1. The molecular formula is C16H20ClN4O2+. The van der Waals surface area contributed by atoms with Crippen LogP contribution >= 0.6 is 11.6 Å². The average molecular weight is 336 g/mol. The minimum absolute atomic E-state index is 0.337. The lowest BCUT2D eigenvalue weighted by molar-refractivity contribution is -0.898. The second-order valence-electron chi connectivity index (χ2n) is 5.70. The molecule has 0 saturated carbocycles. The van der Waals surface area contributed by atoms with Crippen molar-refractivity contribution < 1.29 is 4.90 Å². The van der Waals surface area contributed by atoms with Crippen molar-refractivity contribution in [1.82, 2.24) is 9.55 Å². The Morgan fingerprint density at radius 1 is 1.17 bits per heavy atom. The fraction of sp³-hybridized carbons (Fsp3) is 0.375. The molecule has 1 aliphatic heterocycles. The van der Waals surface area contributed by atoms with E-state index in [-0.39, 0.29) is 5.56 Å². The van der Waals surface area contributed by atoms with Crippen molar-refractivity contribution in [2.45, 2.75) is 6.92 Å². The van der Waals surface area contributed by atoms with Gasteiger partial charge in [-0.15, -0.1) is 0 Å². The van der Waals surface area contributed by atoms with Gasteiger partial charge >= 0.3 is 5.69 Å². The first-order valence-corrected chi connectivity index (χ1v) is 8.17. The number of anilines is 1. The van der Waals surface area contributed by atoms with Gasteiger partial charge in [0, 0.05) is 11.1 Å². The van der Waals surface area contributed by atoms with Gasteiger partial charge in [0.15, 0.2) is 0 Å². The zero-order valence-corrected chi connectivity index (χ0v) is 13.8. The Labute approximate surface area is 138 Å². The molecule has 6 nitrogen and oxygen atoms in total. The number of likely N-dealkylation sites (N-methyl/N-ethyl adjacent to an activating group) is 1. The third-order valence-corrected chi connectivity index (χ3v) is 4.57. The van der Waals surface area contributed by atoms with Crippen molar-refractivity contribution in [2.24, 2.45) is 0 Å². The van der Waals surface area contributed by atoms with Crippen LogP contribution in [0.4, 0.5) is 5.82 Å². The molecule has 0 atom stereocenters. The molecule has 0 bridgehead atoms. The SMILES string of the molecule is CC[NH+]1CCN(c2cc(=O)n(-c3ccc(Cl)cc3)c(=O)[nH]2)CC1. The Morgan fingerprint density at radius 2 is 1.83 bits per heavy atom. The summed E-state index contributed by atoms with van der Waals surface area (Å²) in [5.74, 6) is 0.598. The van der Waals surface area contributed by atoms with Crippen LogP contribution in [0, 0.1) is 0 Å². The summed E-state index contributed by atoms with van der Waals surface area (Å²) in [4.78, 5) is 31.2. The highest BCUT2D eigenvalue weighted by Gasteiger charge is 2.20. The molecule has 1 saturated heterocycles. The number of benzene rings is 1. The molecule has 7 heteroatoms. The van der Waals surface area contributed by atoms with Gasteiger partial charge in [0.25, 0.3) is 5.56 Å². The lowest BCUT2D eigenvalue weighted by atomic mass is 10.3. The summed E-state index contributed by atoms with van der Waals surface area (Å²) >= 11 is 5.85. The number of nitrogens with one attached hydrogen (secondary N) is 2. The van der Waals surface area contributed by atoms with Crippen LogP contribution in [0.25, 0.3) is 5.69 Å². The minimum Gasteiger partial charge on any atom is -0.347 e. The number of H-pyrrole nitrogens is 1. The van der Waals surface area contributed by atoms with Crippen LogP contribution in [0.2, 0.25) is 5.02 Å². The van der Waals surface area contributed by atoms with Gasteiger partial charge in [0.05, 0.1) is 38.4 Å². The van der Waals surface area contributed by atoms with Gasteiger partial charge in [0.2, 0.25) is 0 Å². The summed E-state index contributed by atoms with van der Waals surface area (Å²) in [5.41, 5.74) is -0.260. The third kappa shape index (κ3) is 3.33. The summed E-state index contributed by atoms with van der Waals surface area (Å²) < 4.78 is 1.12. The summed E-state index contributed by atoms with van der Waals surface area (Å²) in [6.07, 6.45) is 0. The number of rotatable bonds is 3. The maximum Gasteiger partial charge on any atom is 0.334 e. The van der Waals surface area contributed by atoms with Gasteiger partial charge in [-0.3, -0.25) is 9.78 Å². The number of hydrogen-bond donors (Lipinski definition) is 2. The van der Waals surface area contributed by atoms with Gasteiger partial charge in [0.1, 0.15) is 5.82 Å². The van der Waals surface area contributed by atoms with E-state index in [1.807, 2.05) is 0 Å². The summed E-state index contributed by atoms with van der Waals surface area (Å²) in [6, 6.07) is 8.11. The van der Waals surface area contributed by atoms with E-state index < -0.39 is 5.69 Å². The second-order valence-corrected chi connectivity index (χ2v) is 6.14. The molecule has 1 aliphatic rings. The standard InChI is InChI=1S/C16H19ClN4O2/c1-2-19-7-9-20(10-8-19)14-11-15(22)21(16(23)18-14)13-5-3-12(17)4-6-13/h3-6,11H,2,7-10H2,1H3,(H,18,23)/p+1. The molecule has 2 heterocycles. The molecule has 1 fully saturated rings. The maximum atomic E-state index is 12.4. The fourth-order valence-corrected chi connectivity index (χ4v) is 3.03. The van der Waals surface area contributed by atoms with Gasteiger partial charge in [-0.05, 0) is 31.2 Å². The molecule has 0 radical (unpaired) electrons. The van der Waals surface area contributed by atoms with Crippen molar-refractivity contribution in [3.8, 4) is 5.69 Å². The predicted octanol–water partition coefficient (Wildman–Crippen LogP) is -0.0960. The van der Waals surface area contributed by atoms with Gasteiger partial charge in [-0.1, -0.05) is 11.6 Å². The molecular weight excluding hydrogens is 316 g/mol. The summed E-state index contributed by atoms with van der Waals surface area (Å²) in [5, 5.41) is 0.561.